The first-order chi connectivity index (χ1) is 7.90. The summed E-state index contributed by atoms with van der Waals surface area (Å²) >= 11 is 0. The van der Waals surface area contributed by atoms with Gasteiger partial charge < -0.3 is 10.2 Å². The third-order valence-electron chi connectivity index (χ3n) is 2.44. The van der Waals surface area contributed by atoms with Gasteiger partial charge in [0.25, 0.3) is 5.91 Å². The zero-order valence-corrected chi connectivity index (χ0v) is 10.7. The number of likely N-dealkylation sites (N-methyl/N-ethyl adjacent to an activating group) is 1. The van der Waals surface area contributed by atoms with Crippen LogP contribution < -0.4 is 5.32 Å². The summed E-state index contributed by atoms with van der Waals surface area (Å²) in [4.78, 5) is 13.8. The zero-order valence-electron chi connectivity index (χ0n) is 10.7. The molecule has 1 rings (SSSR count). The van der Waals surface area contributed by atoms with Crippen molar-refractivity contribution < 1.29 is 9.18 Å². The molecule has 3 nitrogen and oxygen atoms in total. The van der Waals surface area contributed by atoms with Gasteiger partial charge in [-0.25, -0.2) is 4.39 Å². The standard InChI is InChI=1S/C13H19FN2O/c1-9-7-11(5-6-12(9)14)13(17)15-10(2)8-16(3)4/h5-7,10H,8H2,1-4H3,(H,15,17). The van der Waals surface area contributed by atoms with E-state index in [4.69, 9.17) is 0 Å². The molecule has 1 unspecified atom stereocenters. The SMILES string of the molecule is Cc1cc(C(=O)NC(C)CN(C)C)ccc1F. The number of hydrogen-bond donors (Lipinski definition) is 1. The zero-order chi connectivity index (χ0) is 13.0. The number of rotatable bonds is 4. The summed E-state index contributed by atoms with van der Waals surface area (Å²) in [7, 11) is 3.90. The van der Waals surface area contributed by atoms with Crippen molar-refractivity contribution in [1.82, 2.24) is 10.2 Å². The Morgan fingerprint density at radius 3 is 2.65 bits per heavy atom. The number of nitrogens with zero attached hydrogens (tertiary/aromatic N) is 1. The molecule has 0 aliphatic heterocycles. The van der Waals surface area contributed by atoms with E-state index in [1.54, 1.807) is 13.0 Å². The van der Waals surface area contributed by atoms with Crippen LogP contribution in [-0.4, -0.2) is 37.5 Å². The first kappa shape index (κ1) is 13.6. The number of nitrogens with one attached hydrogen (secondary N) is 1. The molecule has 1 atom stereocenters. The summed E-state index contributed by atoms with van der Waals surface area (Å²) in [6.07, 6.45) is 0. The van der Waals surface area contributed by atoms with Gasteiger partial charge in [0.05, 0.1) is 0 Å². The Hall–Kier alpha value is -1.42. The van der Waals surface area contributed by atoms with Crippen LogP contribution >= 0.6 is 0 Å². The van der Waals surface area contributed by atoms with Gasteiger partial charge in [-0.15, -0.1) is 0 Å². The molecule has 1 aromatic rings. The first-order valence-corrected chi connectivity index (χ1v) is 5.62. The summed E-state index contributed by atoms with van der Waals surface area (Å²) in [5.74, 6) is -0.453. The maximum Gasteiger partial charge on any atom is 0.251 e. The molecule has 0 aliphatic rings. The van der Waals surface area contributed by atoms with Gasteiger partial charge in [-0.1, -0.05) is 0 Å². The minimum absolute atomic E-state index is 0.0582. The second-order valence-corrected chi connectivity index (χ2v) is 4.60. The lowest BCUT2D eigenvalue weighted by atomic mass is 10.1. The highest BCUT2D eigenvalue weighted by molar-refractivity contribution is 5.94. The Morgan fingerprint density at radius 1 is 1.47 bits per heavy atom. The van der Waals surface area contributed by atoms with Crippen LogP contribution in [0.3, 0.4) is 0 Å². The van der Waals surface area contributed by atoms with Crippen LogP contribution in [0.5, 0.6) is 0 Å². The predicted octanol–water partition coefficient (Wildman–Crippen LogP) is 1.81. The fourth-order valence-corrected chi connectivity index (χ4v) is 1.69. The predicted molar refractivity (Wildman–Crippen MR) is 66.6 cm³/mol. The van der Waals surface area contributed by atoms with Crippen LogP contribution in [0.1, 0.15) is 22.8 Å². The number of halogens is 1. The van der Waals surface area contributed by atoms with Crippen LogP contribution in [0, 0.1) is 12.7 Å². The molecule has 94 valence electrons. The lowest BCUT2D eigenvalue weighted by Crippen LogP contribution is -2.39. The van der Waals surface area contributed by atoms with E-state index in [2.05, 4.69) is 5.32 Å². The molecule has 0 spiro atoms. The number of aryl methyl sites for hydroxylation is 1. The van der Waals surface area contributed by atoms with Crippen LogP contribution in [0.25, 0.3) is 0 Å². The van der Waals surface area contributed by atoms with Gasteiger partial charge in [-0.05, 0) is 51.7 Å². The molecule has 0 saturated heterocycles. The fraction of sp³-hybridized carbons (Fsp3) is 0.462. The molecule has 4 heteroatoms. The molecule has 0 radical (unpaired) electrons. The van der Waals surface area contributed by atoms with Crippen LogP contribution in [-0.2, 0) is 0 Å². The van der Waals surface area contributed by atoms with Crippen molar-refractivity contribution in [2.24, 2.45) is 0 Å². The number of hydrogen-bond acceptors (Lipinski definition) is 2. The molecule has 0 aliphatic carbocycles. The minimum atomic E-state index is -0.289. The summed E-state index contributed by atoms with van der Waals surface area (Å²) in [6, 6.07) is 4.44. The molecule has 0 heterocycles. The van der Waals surface area contributed by atoms with Gasteiger partial charge in [0.2, 0.25) is 0 Å². The lowest BCUT2D eigenvalue weighted by molar-refractivity contribution is 0.0934. The van der Waals surface area contributed by atoms with Gasteiger partial charge >= 0.3 is 0 Å². The summed E-state index contributed by atoms with van der Waals surface area (Å²) in [6.45, 7) is 4.36. The number of carbonyl (C=O) groups excluding carboxylic acids is 1. The quantitative estimate of drug-likeness (QED) is 0.867. The molecule has 0 bridgehead atoms. The van der Waals surface area contributed by atoms with Gasteiger partial charge in [-0.2, -0.15) is 0 Å². The average molecular weight is 238 g/mol. The maximum atomic E-state index is 13.1. The van der Waals surface area contributed by atoms with Crippen molar-refractivity contribution in [3.8, 4) is 0 Å². The smallest absolute Gasteiger partial charge is 0.251 e. The summed E-state index contributed by atoms with van der Waals surface area (Å²) < 4.78 is 13.1. The summed E-state index contributed by atoms with van der Waals surface area (Å²) in [5, 5.41) is 2.87. The topological polar surface area (TPSA) is 32.3 Å². The van der Waals surface area contributed by atoms with Crippen molar-refractivity contribution in [2.75, 3.05) is 20.6 Å². The van der Waals surface area contributed by atoms with E-state index in [-0.39, 0.29) is 17.8 Å². The molecule has 0 fully saturated rings. The number of carbonyl (C=O) groups is 1. The maximum absolute atomic E-state index is 13.1. The molecular weight excluding hydrogens is 219 g/mol. The Labute approximate surface area is 102 Å². The van der Waals surface area contributed by atoms with E-state index in [0.717, 1.165) is 6.54 Å². The van der Waals surface area contributed by atoms with Gasteiger partial charge in [0.15, 0.2) is 0 Å². The molecular formula is C13H19FN2O. The Balaban J connectivity index is 2.66. The third-order valence-corrected chi connectivity index (χ3v) is 2.44. The van der Waals surface area contributed by atoms with Gasteiger partial charge in [0.1, 0.15) is 5.82 Å². The van der Waals surface area contributed by atoms with Crippen molar-refractivity contribution in [3.05, 3.63) is 35.1 Å². The monoisotopic (exact) mass is 238 g/mol. The molecule has 1 amide bonds. The molecule has 1 aromatic carbocycles. The van der Waals surface area contributed by atoms with E-state index in [0.29, 0.717) is 11.1 Å². The second kappa shape index (κ2) is 5.77. The minimum Gasteiger partial charge on any atom is -0.348 e. The van der Waals surface area contributed by atoms with Crippen molar-refractivity contribution in [1.29, 1.82) is 0 Å². The lowest BCUT2D eigenvalue weighted by Gasteiger charge is -2.18. The van der Waals surface area contributed by atoms with E-state index < -0.39 is 0 Å². The normalized spacial score (nSPS) is 12.6. The number of amides is 1. The van der Waals surface area contributed by atoms with E-state index >= 15 is 0 Å². The average Bonchev–Trinajstić information content (AvgIpc) is 2.20. The van der Waals surface area contributed by atoms with E-state index in [1.807, 2.05) is 25.9 Å². The molecule has 0 saturated carbocycles. The molecule has 17 heavy (non-hydrogen) atoms. The van der Waals surface area contributed by atoms with Gasteiger partial charge in [0, 0.05) is 18.2 Å². The molecule has 1 N–H and O–H groups in total. The summed E-state index contributed by atoms with van der Waals surface area (Å²) in [5.41, 5.74) is 0.979. The largest absolute Gasteiger partial charge is 0.348 e. The van der Waals surface area contributed by atoms with Crippen molar-refractivity contribution in [2.45, 2.75) is 19.9 Å². The van der Waals surface area contributed by atoms with Crippen LogP contribution in [0.2, 0.25) is 0 Å². The Kier molecular flexibility index (Phi) is 4.63. The Bertz CT molecular complexity index is 404. The Morgan fingerprint density at radius 2 is 2.12 bits per heavy atom. The second-order valence-electron chi connectivity index (χ2n) is 4.60. The fourth-order valence-electron chi connectivity index (χ4n) is 1.69. The first-order valence-electron chi connectivity index (χ1n) is 5.62. The van der Waals surface area contributed by atoms with E-state index in [9.17, 15) is 9.18 Å². The highest BCUT2D eigenvalue weighted by Crippen LogP contribution is 2.09. The van der Waals surface area contributed by atoms with Crippen molar-refractivity contribution in [3.63, 3.8) is 0 Å². The van der Waals surface area contributed by atoms with E-state index in [1.165, 1.54) is 12.1 Å². The van der Waals surface area contributed by atoms with Crippen LogP contribution in [0.4, 0.5) is 4.39 Å². The number of benzene rings is 1. The highest BCUT2D eigenvalue weighted by Gasteiger charge is 2.11. The highest BCUT2D eigenvalue weighted by atomic mass is 19.1. The van der Waals surface area contributed by atoms with Crippen molar-refractivity contribution >= 4 is 5.91 Å². The third kappa shape index (κ3) is 4.15. The molecule has 0 aromatic heterocycles. The van der Waals surface area contributed by atoms with Gasteiger partial charge in [-0.3, -0.25) is 4.79 Å². The van der Waals surface area contributed by atoms with Crippen LogP contribution in [0.15, 0.2) is 18.2 Å².